The second-order valence-corrected chi connectivity index (χ2v) is 6.08. The van der Waals surface area contributed by atoms with Gasteiger partial charge in [-0.15, -0.1) is 0 Å². The molecule has 0 spiro atoms. The molecule has 0 saturated heterocycles. The summed E-state index contributed by atoms with van der Waals surface area (Å²) in [6, 6.07) is 0.699. The number of hydrogen-bond acceptors (Lipinski definition) is 2. The van der Waals surface area contributed by atoms with Crippen LogP contribution in [0.5, 0.6) is 0 Å². The largest absolute Gasteiger partial charge is 0.311 e. The molecule has 0 aromatic rings. The Morgan fingerprint density at radius 3 is 2.33 bits per heavy atom. The Balaban J connectivity index is 2.26. The quantitative estimate of drug-likeness (QED) is 0.728. The van der Waals surface area contributed by atoms with E-state index < -0.39 is 0 Å². The summed E-state index contributed by atoms with van der Waals surface area (Å²) >= 11 is 0. The average molecular weight is 212 g/mol. The fraction of sp³-hybridized carbons (Fsp3) is 1.00. The van der Waals surface area contributed by atoms with Gasteiger partial charge in [-0.1, -0.05) is 6.92 Å². The van der Waals surface area contributed by atoms with E-state index >= 15 is 0 Å². The Morgan fingerprint density at radius 1 is 1.33 bits per heavy atom. The van der Waals surface area contributed by atoms with Crippen LogP contribution in [-0.2, 0) is 0 Å². The van der Waals surface area contributed by atoms with E-state index in [0.717, 1.165) is 12.5 Å². The zero-order valence-corrected chi connectivity index (χ0v) is 11.1. The molecule has 1 aliphatic rings. The van der Waals surface area contributed by atoms with Gasteiger partial charge in [-0.2, -0.15) is 0 Å². The predicted octanol–water partition coefficient (Wildman–Crippen LogP) is 2.49. The fourth-order valence-electron chi connectivity index (χ4n) is 1.89. The minimum Gasteiger partial charge on any atom is -0.311 e. The summed E-state index contributed by atoms with van der Waals surface area (Å²) in [4.78, 5) is 2.54. The van der Waals surface area contributed by atoms with Crippen LogP contribution in [0.2, 0.25) is 0 Å². The third kappa shape index (κ3) is 5.53. The van der Waals surface area contributed by atoms with Crippen molar-refractivity contribution in [2.45, 2.75) is 58.5 Å². The molecule has 0 aromatic carbocycles. The van der Waals surface area contributed by atoms with Crippen LogP contribution in [0.25, 0.3) is 0 Å². The summed E-state index contributed by atoms with van der Waals surface area (Å²) in [5.74, 6) is 0.999. The molecule has 0 amide bonds. The molecule has 1 rings (SSSR count). The fourth-order valence-corrected chi connectivity index (χ4v) is 1.89. The SMILES string of the molecule is CCC(CNC(C)(C)C)N(C)CC1CC1. The van der Waals surface area contributed by atoms with Crippen LogP contribution in [0, 0.1) is 5.92 Å². The molecule has 1 aliphatic carbocycles. The highest BCUT2D eigenvalue weighted by molar-refractivity contribution is 4.81. The van der Waals surface area contributed by atoms with E-state index in [-0.39, 0.29) is 5.54 Å². The molecular formula is C13H28N2. The molecule has 0 heterocycles. The van der Waals surface area contributed by atoms with Crippen molar-refractivity contribution in [3.8, 4) is 0 Å². The molecule has 0 aromatic heterocycles. The Hall–Kier alpha value is -0.0800. The monoisotopic (exact) mass is 212 g/mol. The zero-order valence-electron chi connectivity index (χ0n) is 11.1. The maximum atomic E-state index is 3.61. The summed E-state index contributed by atoms with van der Waals surface area (Å²) in [5, 5.41) is 3.61. The second-order valence-electron chi connectivity index (χ2n) is 6.08. The summed E-state index contributed by atoms with van der Waals surface area (Å²) in [6.07, 6.45) is 4.15. The van der Waals surface area contributed by atoms with Gasteiger partial charge in [0.15, 0.2) is 0 Å². The van der Waals surface area contributed by atoms with Crippen molar-refractivity contribution in [1.82, 2.24) is 10.2 Å². The first-order chi connectivity index (χ1) is 6.92. The summed E-state index contributed by atoms with van der Waals surface area (Å²) < 4.78 is 0. The van der Waals surface area contributed by atoms with Gasteiger partial charge >= 0.3 is 0 Å². The van der Waals surface area contributed by atoms with E-state index in [0.29, 0.717) is 6.04 Å². The van der Waals surface area contributed by atoms with Crippen LogP contribution in [0.1, 0.15) is 47.0 Å². The lowest BCUT2D eigenvalue weighted by Crippen LogP contribution is -2.46. The highest BCUT2D eigenvalue weighted by Gasteiger charge is 2.25. The highest BCUT2D eigenvalue weighted by atomic mass is 15.2. The average Bonchev–Trinajstić information content (AvgIpc) is 2.87. The van der Waals surface area contributed by atoms with E-state index in [9.17, 15) is 0 Å². The van der Waals surface area contributed by atoms with Crippen molar-refractivity contribution in [2.24, 2.45) is 5.92 Å². The van der Waals surface area contributed by atoms with E-state index in [1.807, 2.05) is 0 Å². The Bertz CT molecular complexity index is 179. The number of rotatable bonds is 6. The molecule has 90 valence electrons. The van der Waals surface area contributed by atoms with Gasteiger partial charge in [0.2, 0.25) is 0 Å². The Kier molecular flexibility index (Phi) is 4.60. The lowest BCUT2D eigenvalue weighted by molar-refractivity contribution is 0.208. The minimum absolute atomic E-state index is 0.244. The maximum absolute atomic E-state index is 3.61. The lowest BCUT2D eigenvalue weighted by atomic mass is 10.1. The molecule has 0 radical (unpaired) electrons. The van der Waals surface area contributed by atoms with Gasteiger partial charge in [0.05, 0.1) is 0 Å². The zero-order chi connectivity index (χ0) is 11.5. The number of nitrogens with zero attached hydrogens (tertiary/aromatic N) is 1. The van der Waals surface area contributed by atoms with Gasteiger partial charge in [0.1, 0.15) is 0 Å². The standard InChI is InChI=1S/C13H28N2/c1-6-12(9-14-13(2,3)4)15(5)10-11-7-8-11/h11-12,14H,6-10H2,1-5H3. The van der Waals surface area contributed by atoms with Gasteiger partial charge < -0.3 is 10.2 Å². The molecule has 0 bridgehead atoms. The summed E-state index contributed by atoms with van der Waals surface area (Å²) in [7, 11) is 2.27. The van der Waals surface area contributed by atoms with Crippen LogP contribution in [0.3, 0.4) is 0 Å². The summed E-state index contributed by atoms with van der Waals surface area (Å²) in [5.41, 5.74) is 0.244. The lowest BCUT2D eigenvalue weighted by Gasteiger charge is -2.31. The first-order valence-corrected chi connectivity index (χ1v) is 6.37. The molecule has 1 unspecified atom stereocenters. The smallest absolute Gasteiger partial charge is 0.0215 e. The third-order valence-electron chi connectivity index (χ3n) is 3.21. The van der Waals surface area contributed by atoms with E-state index in [1.54, 1.807) is 0 Å². The van der Waals surface area contributed by atoms with Crippen LogP contribution in [0.15, 0.2) is 0 Å². The maximum Gasteiger partial charge on any atom is 0.0215 e. The van der Waals surface area contributed by atoms with Crippen molar-refractivity contribution in [2.75, 3.05) is 20.1 Å². The first-order valence-electron chi connectivity index (χ1n) is 6.37. The van der Waals surface area contributed by atoms with Gasteiger partial charge in [-0.25, -0.2) is 0 Å². The third-order valence-corrected chi connectivity index (χ3v) is 3.21. The molecular weight excluding hydrogens is 184 g/mol. The van der Waals surface area contributed by atoms with Gasteiger partial charge in [-0.3, -0.25) is 0 Å². The second kappa shape index (κ2) is 5.31. The first kappa shape index (κ1) is 13.0. The van der Waals surface area contributed by atoms with E-state index in [2.05, 4.69) is 45.0 Å². The van der Waals surface area contributed by atoms with Crippen molar-refractivity contribution in [3.63, 3.8) is 0 Å². The highest BCUT2D eigenvalue weighted by Crippen LogP contribution is 2.29. The van der Waals surface area contributed by atoms with E-state index in [4.69, 9.17) is 0 Å². The van der Waals surface area contributed by atoms with E-state index in [1.165, 1.54) is 25.8 Å². The molecule has 1 atom stereocenters. The van der Waals surface area contributed by atoms with Crippen molar-refractivity contribution in [3.05, 3.63) is 0 Å². The van der Waals surface area contributed by atoms with Crippen molar-refractivity contribution >= 4 is 0 Å². The summed E-state index contributed by atoms with van der Waals surface area (Å²) in [6.45, 7) is 11.4. The number of hydrogen-bond donors (Lipinski definition) is 1. The van der Waals surface area contributed by atoms with Crippen LogP contribution >= 0.6 is 0 Å². The van der Waals surface area contributed by atoms with Gasteiger partial charge in [0.25, 0.3) is 0 Å². The number of nitrogens with one attached hydrogen (secondary N) is 1. The topological polar surface area (TPSA) is 15.3 Å². The minimum atomic E-state index is 0.244. The molecule has 1 fully saturated rings. The molecule has 1 saturated carbocycles. The molecule has 2 heteroatoms. The van der Waals surface area contributed by atoms with Gasteiger partial charge in [0, 0.05) is 24.7 Å². The van der Waals surface area contributed by atoms with Crippen molar-refractivity contribution < 1.29 is 0 Å². The Morgan fingerprint density at radius 2 is 1.93 bits per heavy atom. The molecule has 1 N–H and O–H groups in total. The number of likely N-dealkylation sites (N-methyl/N-ethyl adjacent to an activating group) is 1. The molecule has 0 aliphatic heterocycles. The van der Waals surface area contributed by atoms with Crippen LogP contribution in [-0.4, -0.2) is 36.6 Å². The molecule has 15 heavy (non-hydrogen) atoms. The Labute approximate surface area is 95.4 Å². The van der Waals surface area contributed by atoms with Crippen LogP contribution < -0.4 is 5.32 Å². The predicted molar refractivity (Wildman–Crippen MR) is 67.2 cm³/mol. The van der Waals surface area contributed by atoms with Crippen molar-refractivity contribution in [1.29, 1.82) is 0 Å². The van der Waals surface area contributed by atoms with Crippen LogP contribution in [0.4, 0.5) is 0 Å². The van der Waals surface area contributed by atoms with Gasteiger partial charge in [-0.05, 0) is 53.0 Å². The molecule has 2 nitrogen and oxygen atoms in total. The normalized spacial score (nSPS) is 19.6.